The molecule has 0 radical (unpaired) electrons. The number of hydrogen-bond donors (Lipinski definition) is 5. The Morgan fingerprint density at radius 1 is 1.22 bits per heavy atom. The number of aliphatic hydroxyl groups is 4. The average Bonchev–Trinajstić information content (AvgIpc) is 2.27. The van der Waals surface area contributed by atoms with Crippen LogP contribution < -0.4 is 5.32 Å². The summed E-state index contributed by atoms with van der Waals surface area (Å²) in [5, 5.41) is 38.1. The number of amides is 1. The van der Waals surface area contributed by atoms with Gasteiger partial charge in [-0.3, -0.25) is 4.79 Å². The van der Waals surface area contributed by atoms with E-state index in [0.717, 1.165) is 0 Å². The van der Waals surface area contributed by atoms with Crippen molar-refractivity contribution < 1.29 is 43.1 Å². The molecular formula is C8H12F3NO6. The van der Waals surface area contributed by atoms with Gasteiger partial charge in [0.15, 0.2) is 6.29 Å². The topological polar surface area (TPSA) is 119 Å². The first-order valence-corrected chi connectivity index (χ1v) is 4.86. The van der Waals surface area contributed by atoms with Gasteiger partial charge in [0.25, 0.3) is 0 Å². The van der Waals surface area contributed by atoms with Gasteiger partial charge in [0.2, 0.25) is 0 Å². The fraction of sp³-hybridized carbons (Fsp3) is 0.875. The van der Waals surface area contributed by atoms with Crippen LogP contribution in [0, 0.1) is 0 Å². The minimum absolute atomic E-state index is 0.755. The molecule has 1 heterocycles. The van der Waals surface area contributed by atoms with E-state index < -0.39 is 49.3 Å². The molecule has 0 aromatic carbocycles. The van der Waals surface area contributed by atoms with Gasteiger partial charge in [-0.2, -0.15) is 13.2 Å². The van der Waals surface area contributed by atoms with Crippen LogP contribution in [0.5, 0.6) is 0 Å². The van der Waals surface area contributed by atoms with E-state index in [9.17, 15) is 33.3 Å². The largest absolute Gasteiger partial charge is 0.471 e. The maximum absolute atomic E-state index is 12.0. The van der Waals surface area contributed by atoms with Gasteiger partial charge in [0, 0.05) is 0 Å². The fourth-order valence-corrected chi connectivity index (χ4v) is 1.49. The summed E-state index contributed by atoms with van der Waals surface area (Å²) in [5.74, 6) is -2.39. The molecule has 1 aliphatic rings. The summed E-state index contributed by atoms with van der Waals surface area (Å²) < 4.78 is 40.5. The van der Waals surface area contributed by atoms with Gasteiger partial charge in [-0.15, -0.1) is 0 Å². The Bertz CT molecular complexity index is 312. The maximum Gasteiger partial charge on any atom is 0.471 e. The number of carbonyl (C=O) groups is 1. The summed E-state index contributed by atoms with van der Waals surface area (Å²) in [6.07, 6.45) is -12.2. The first-order chi connectivity index (χ1) is 8.18. The van der Waals surface area contributed by atoms with Crippen LogP contribution in [0.4, 0.5) is 13.2 Å². The first-order valence-electron chi connectivity index (χ1n) is 4.86. The summed E-state index contributed by atoms with van der Waals surface area (Å²) >= 11 is 0. The first kappa shape index (κ1) is 15.1. The molecule has 0 saturated carbocycles. The Balaban J connectivity index is 2.74. The Hall–Kier alpha value is -0.940. The molecule has 18 heavy (non-hydrogen) atoms. The smallest absolute Gasteiger partial charge is 0.394 e. The Morgan fingerprint density at radius 3 is 2.22 bits per heavy atom. The Morgan fingerprint density at radius 2 is 1.78 bits per heavy atom. The molecule has 1 aliphatic heterocycles. The lowest BCUT2D eigenvalue weighted by Crippen LogP contribution is -2.65. The van der Waals surface area contributed by atoms with E-state index in [1.54, 1.807) is 0 Å². The average molecular weight is 275 g/mol. The number of rotatable bonds is 2. The number of aliphatic hydroxyl groups excluding tert-OH is 4. The molecule has 0 aromatic rings. The van der Waals surface area contributed by atoms with Crippen molar-refractivity contribution in [1.29, 1.82) is 0 Å². The molecule has 0 aliphatic carbocycles. The minimum atomic E-state index is -5.20. The molecule has 7 nitrogen and oxygen atoms in total. The van der Waals surface area contributed by atoms with Gasteiger partial charge in [0.05, 0.1) is 6.61 Å². The molecule has 1 amide bonds. The van der Waals surface area contributed by atoms with E-state index in [-0.39, 0.29) is 0 Å². The number of hydrogen-bond acceptors (Lipinski definition) is 6. The van der Waals surface area contributed by atoms with Crippen LogP contribution in [0.1, 0.15) is 0 Å². The molecule has 0 aromatic heterocycles. The van der Waals surface area contributed by atoms with Crippen LogP contribution in [0.2, 0.25) is 0 Å². The summed E-state index contributed by atoms with van der Waals surface area (Å²) in [5.41, 5.74) is 0. The SMILES string of the molecule is O=C(NC1C(O)[C@H](O)C(CO)O[C@H]1O)C(F)(F)F. The van der Waals surface area contributed by atoms with Crippen LogP contribution in [0.25, 0.3) is 0 Å². The normalized spacial score (nSPS) is 37.4. The summed E-state index contributed by atoms with van der Waals surface area (Å²) in [7, 11) is 0. The molecular weight excluding hydrogens is 263 g/mol. The van der Waals surface area contributed by atoms with Crippen LogP contribution in [0.3, 0.4) is 0 Å². The summed E-state index contributed by atoms with van der Waals surface area (Å²) in [4.78, 5) is 10.6. The van der Waals surface area contributed by atoms with Crippen molar-refractivity contribution in [2.75, 3.05) is 6.61 Å². The Kier molecular flexibility index (Phi) is 4.50. The van der Waals surface area contributed by atoms with Gasteiger partial charge < -0.3 is 30.5 Å². The van der Waals surface area contributed by atoms with E-state index >= 15 is 0 Å². The second kappa shape index (κ2) is 5.36. The Labute approximate surface area is 98.8 Å². The fourth-order valence-electron chi connectivity index (χ4n) is 1.49. The van der Waals surface area contributed by atoms with Gasteiger partial charge in [0.1, 0.15) is 24.4 Å². The minimum Gasteiger partial charge on any atom is -0.394 e. The van der Waals surface area contributed by atoms with E-state index in [2.05, 4.69) is 4.74 Å². The van der Waals surface area contributed by atoms with E-state index in [0.29, 0.717) is 0 Å². The lowest BCUT2D eigenvalue weighted by atomic mass is 9.97. The molecule has 1 saturated heterocycles. The molecule has 1 fully saturated rings. The van der Waals surface area contributed by atoms with Crippen LogP contribution >= 0.6 is 0 Å². The number of nitrogens with one attached hydrogen (secondary N) is 1. The highest BCUT2D eigenvalue weighted by molar-refractivity contribution is 5.82. The molecule has 1 rings (SSSR count). The van der Waals surface area contributed by atoms with Crippen LogP contribution in [-0.4, -0.2) is 69.8 Å². The standard InChI is InChI=1S/C8H12F3NO6/c9-8(10,11)7(17)12-3-5(15)4(14)2(1-13)18-6(3)16/h2-6,13-16H,1H2,(H,12,17)/t2?,3?,4-,5?,6-/m1/s1. The van der Waals surface area contributed by atoms with Gasteiger partial charge in [-0.25, -0.2) is 0 Å². The second-order valence-electron chi connectivity index (χ2n) is 3.73. The summed E-state index contributed by atoms with van der Waals surface area (Å²) in [6.45, 7) is -0.755. The molecule has 3 unspecified atom stereocenters. The highest BCUT2D eigenvalue weighted by Crippen LogP contribution is 2.21. The predicted molar refractivity (Wildman–Crippen MR) is 48.0 cm³/mol. The van der Waals surface area contributed by atoms with Crippen molar-refractivity contribution in [2.24, 2.45) is 0 Å². The lowest BCUT2D eigenvalue weighted by molar-refractivity contribution is -0.256. The number of alkyl halides is 3. The van der Waals surface area contributed by atoms with E-state index in [1.165, 1.54) is 5.32 Å². The molecule has 5 N–H and O–H groups in total. The molecule has 106 valence electrons. The number of ether oxygens (including phenoxy) is 1. The third kappa shape index (κ3) is 3.09. The third-order valence-electron chi connectivity index (χ3n) is 2.46. The van der Waals surface area contributed by atoms with Crippen LogP contribution in [-0.2, 0) is 9.53 Å². The quantitative estimate of drug-likeness (QED) is 0.379. The van der Waals surface area contributed by atoms with Crippen molar-refractivity contribution >= 4 is 5.91 Å². The zero-order valence-corrected chi connectivity index (χ0v) is 8.83. The molecule has 5 atom stereocenters. The molecule has 0 bridgehead atoms. The van der Waals surface area contributed by atoms with Gasteiger partial charge in [-0.05, 0) is 0 Å². The van der Waals surface area contributed by atoms with E-state index in [1.807, 2.05) is 0 Å². The van der Waals surface area contributed by atoms with E-state index in [4.69, 9.17) is 5.11 Å². The lowest BCUT2D eigenvalue weighted by Gasteiger charge is -2.40. The predicted octanol–water partition coefficient (Wildman–Crippen LogP) is -2.54. The maximum atomic E-state index is 12.0. The molecule has 10 heteroatoms. The second-order valence-corrected chi connectivity index (χ2v) is 3.73. The zero-order valence-electron chi connectivity index (χ0n) is 8.83. The number of carbonyl (C=O) groups excluding carboxylic acids is 1. The van der Waals surface area contributed by atoms with Crippen molar-refractivity contribution in [3.63, 3.8) is 0 Å². The monoisotopic (exact) mass is 275 g/mol. The zero-order chi connectivity index (χ0) is 14.1. The van der Waals surface area contributed by atoms with Crippen molar-refractivity contribution in [2.45, 2.75) is 36.8 Å². The highest BCUT2D eigenvalue weighted by Gasteiger charge is 2.48. The van der Waals surface area contributed by atoms with Crippen molar-refractivity contribution in [1.82, 2.24) is 5.32 Å². The molecule has 0 spiro atoms. The van der Waals surface area contributed by atoms with Gasteiger partial charge >= 0.3 is 12.1 Å². The third-order valence-corrected chi connectivity index (χ3v) is 2.46. The summed E-state index contributed by atoms with van der Waals surface area (Å²) in [6, 6.07) is -1.85. The highest BCUT2D eigenvalue weighted by atomic mass is 19.4. The van der Waals surface area contributed by atoms with Gasteiger partial charge in [-0.1, -0.05) is 0 Å². The number of halogens is 3. The van der Waals surface area contributed by atoms with Crippen molar-refractivity contribution in [3.05, 3.63) is 0 Å². The van der Waals surface area contributed by atoms with Crippen molar-refractivity contribution in [3.8, 4) is 0 Å². The van der Waals surface area contributed by atoms with Crippen LogP contribution in [0.15, 0.2) is 0 Å².